The molecule has 0 amide bonds. The highest BCUT2D eigenvalue weighted by Crippen LogP contribution is 2.12. The molecule has 1 nitrogen and oxygen atoms in total. The quantitative estimate of drug-likeness (QED) is 0.427. The van der Waals surface area contributed by atoms with Crippen molar-refractivity contribution < 1.29 is 4.79 Å². The molecule has 1 rings (SSSR count). The first kappa shape index (κ1) is 14.7. The van der Waals surface area contributed by atoms with Crippen LogP contribution in [0.3, 0.4) is 0 Å². The summed E-state index contributed by atoms with van der Waals surface area (Å²) in [6.07, 6.45) is 9.82. The van der Waals surface area contributed by atoms with Gasteiger partial charge in [-0.05, 0) is 12.0 Å². The standard InChI is InChI=1S/C17H24O/c1-3-5-6-7-8-9-10-17(18)16-13-11-15(4-2)12-14-16/h4,11-14H,2-3,5-10H2,1H3. The summed E-state index contributed by atoms with van der Waals surface area (Å²) >= 11 is 0. The molecule has 0 fully saturated rings. The SMILES string of the molecule is C=Cc1ccc(C(=O)CCCCCCCC)cc1. The first-order valence-electron chi connectivity index (χ1n) is 7.03. The van der Waals surface area contributed by atoms with Gasteiger partial charge >= 0.3 is 0 Å². The second-order valence-corrected chi connectivity index (χ2v) is 4.77. The zero-order valence-corrected chi connectivity index (χ0v) is 11.5. The lowest BCUT2D eigenvalue weighted by Gasteiger charge is -2.02. The van der Waals surface area contributed by atoms with Crippen molar-refractivity contribution in [3.05, 3.63) is 42.0 Å². The van der Waals surface area contributed by atoms with E-state index in [2.05, 4.69) is 13.5 Å². The van der Waals surface area contributed by atoms with Gasteiger partial charge in [0, 0.05) is 12.0 Å². The number of ketones is 1. The first-order chi connectivity index (χ1) is 8.77. The Morgan fingerprint density at radius 1 is 1.06 bits per heavy atom. The van der Waals surface area contributed by atoms with E-state index in [4.69, 9.17) is 0 Å². The second kappa shape index (κ2) is 8.68. The van der Waals surface area contributed by atoms with Crippen LogP contribution in [-0.4, -0.2) is 5.78 Å². The molecule has 1 aromatic carbocycles. The zero-order valence-electron chi connectivity index (χ0n) is 11.5. The van der Waals surface area contributed by atoms with Crippen molar-refractivity contribution in [2.75, 3.05) is 0 Å². The van der Waals surface area contributed by atoms with Crippen molar-refractivity contribution in [3.8, 4) is 0 Å². The number of carbonyl (C=O) groups is 1. The van der Waals surface area contributed by atoms with Crippen LogP contribution in [0.5, 0.6) is 0 Å². The van der Waals surface area contributed by atoms with Gasteiger partial charge in [0.2, 0.25) is 0 Å². The lowest BCUT2D eigenvalue weighted by molar-refractivity contribution is 0.0979. The Kier molecular flexibility index (Phi) is 7.09. The number of carbonyl (C=O) groups excluding carboxylic acids is 1. The van der Waals surface area contributed by atoms with Crippen molar-refractivity contribution >= 4 is 11.9 Å². The molecule has 0 bridgehead atoms. The average molecular weight is 244 g/mol. The van der Waals surface area contributed by atoms with Gasteiger partial charge in [0.25, 0.3) is 0 Å². The van der Waals surface area contributed by atoms with Crippen LogP contribution in [0.2, 0.25) is 0 Å². The van der Waals surface area contributed by atoms with Crippen LogP contribution in [0.1, 0.15) is 67.8 Å². The molecule has 0 saturated carbocycles. The van der Waals surface area contributed by atoms with Crippen molar-refractivity contribution in [2.45, 2.75) is 51.9 Å². The minimum absolute atomic E-state index is 0.265. The number of rotatable bonds is 9. The fourth-order valence-corrected chi connectivity index (χ4v) is 2.02. The van der Waals surface area contributed by atoms with Gasteiger partial charge in [-0.3, -0.25) is 4.79 Å². The van der Waals surface area contributed by atoms with Gasteiger partial charge in [-0.2, -0.15) is 0 Å². The molecular weight excluding hydrogens is 220 g/mol. The third-order valence-electron chi connectivity index (χ3n) is 3.23. The van der Waals surface area contributed by atoms with E-state index in [1.54, 1.807) is 6.08 Å². The van der Waals surface area contributed by atoms with Crippen LogP contribution in [0.4, 0.5) is 0 Å². The summed E-state index contributed by atoms with van der Waals surface area (Å²) in [6.45, 7) is 5.92. The molecule has 0 aliphatic heterocycles. The Bertz CT molecular complexity index is 362. The average Bonchev–Trinajstić information content (AvgIpc) is 2.42. The molecule has 0 spiro atoms. The number of benzene rings is 1. The summed E-state index contributed by atoms with van der Waals surface area (Å²) in [6, 6.07) is 7.69. The highest BCUT2D eigenvalue weighted by Gasteiger charge is 2.04. The van der Waals surface area contributed by atoms with Crippen LogP contribution in [-0.2, 0) is 0 Å². The summed E-state index contributed by atoms with van der Waals surface area (Å²) < 4.78 is 0. The normalized spacial score (nSPS) is 10.3. The number of Topliss-reactive ketones (excluding diaryl/α,β-unsaturated/α-hetero) is 1. The molecule has 0 atom stereocenters. The molecular formula is C17H24O. The lowest BCUT2D eigenvalue weighted by atomic mass is 10.0. The molecule has 0 heterocycles. The molecule has 0 aromatic heterocycles. The predicted molar refractivity (Wildman–Crippen MR) is 78.9 cm³/mol. The van der Waals surface area contributed by atoms with Crippen molar-refractivity contribution in [1.82, 2.24) is 0 Å². The molecule has 0 aliphatic carbocycles. The summed E-state index contributed by atoms with van der Waals surface area (Å²) in [4.78, 5) is 11.9. The van der Waals surface area contributed by atoms with E-state index in [0.29, 0.717) is 6.42 Å². The summed E-state index contributed by atoms with van der Waals surface area (Å²) in [5.41, 5.74) is 1.89. The summed E-state index contributed by atoms with van der Waals surface area (Å²) in [7, 11) is 0. The smallest absolute Gasteiger partial charge is 0.162 e. The van der Waals surface area contributed by atoms with Gasteiger partial charge in [0.1, 0.15) is 0 Å². The number of hydrogen-bond donors (Lipinski definition) is 0. The monoisotopic (exact) mass is 244 g/mol. The van der Waals surface area contributed by atoms with Crippen molar-refractivity contribution in [2.24, 2.45) is 0 Å². The van der Waals surface area contributed by atoms with E-state index >= 15 is 0 Å². The van der Waals surface area contributed by atoms with Gasteiger partial charge in [0.15, 0.2) is 5.78 Å². The van der Waals surface area contributed by atoms with Crippen LogP contribution in [0, 0.1) is 0 Å². The molecule has 18 heavy (non-hydrogen) atoms. The maximum Gasteiger partial charge on any atom is 0.162 e. The van der Waals surface area contributed by atoms with Crippen LogP contribution >= 0.6 is 0 Å². The van der Waals surface area contributed by atoms with E-state index in [0.717, 1.165) is 17.5 Å². The minimum Gasteiger partial charge on any atom is -0.294 e. The fraction of sp³-hybridized carbons (Fsp3) is 0.471. The van der Waals surface area contributed by atoms with Gasteiger partial charge in [-0.15, -0.1) is 0 Å². The van der Waals surface area contributed by atoms with Gasteiger partial charge in [-0.1, -0.05) is 75.9 Å². The molecule has 0 saturated heterocycles. The molecule has 0 unspecified atom stereocenters. The largest absolute Gasteiger partial charge is 0.294 e. The molecule has 0 radical (unpaired) electrons. The Morgan fingerprint density at radius 3 is 2.28 bits per heavy atom. The van der Waals surface area contributed by atoms with E-state index in [9.17, 15) is 4.79 Å². The topological polar surface area (TPSA) is 17.1 Å². The van der Waals surface area contributed by atoms with Gasteiger partial charge in [-0.25, -0.2) is 0 Å². The van der Waals surface area contributed by atoms with Gasteiger partial charge < -0.3 is 0 Å². The van der Waals surface area contributed by atoms with Crippen molar-refractivity contribution in [1.29, 1.82) is 0 Å². The molecule has 98 valence electrons. The number of unbranched alkanes of at least 4 members (excludes halogenated alkanes) is 5. The van der Waals surface area contributed by atoms with Gasteiger partial charge in [0.05, 0.1) is 0 Å². The third kappa shape index (κ3) is 5.31. The van der Waals surface area contributed by atoms with Crippen LogP contribution in [0.15, 0.2) is 30.8 Å². The maximum atomic E-state index is 11.9. The van der Waals surface area contributed by atoms with E-state index in [-0.39, 0.29) is 5.78 Å². The maximum absolute atomic E-state index is 11.9. The first-order valence-corrected chi connectivity index (χ1v) is 7.03. The Morgan fingerprint density at radius 2 is 1.67 bits per heavy atom. The second-order valence-electron chi connectivity index (χ2n) is 4.77. The summed E-state index contributed by atoms with van der Waals surface area (Å²) in [5.74, 6) is 0.265. The Balaban J connectivity index is 2.25. The molecule has 1 aromatic rings. The summed E-state index contributed by atoms with van der Waals surface area (Å²) in [5, 5.41) is 0. The fourth-order valence-electron chi connectivity index (χ4n) is 2.02. The lowest BCUT2D eigenvalue weighted by Crippen LogP contribution is -1.98. The highest BCUT2D eigenvalue weighted by atomic mass is 16.1. The minimum atomic E-state index is 0.265. The van der Waals surface area contributed by atoms with Crippen molar-refractivity contribution in [3.63, 3.8) is 0 Å². The van der Waals surface area contributed by atoms with E-state index in [1.165, 1.54) is 32.1 Å². The molecule has 1 heteroatoms. The van der Waals surface area contributed by atoms with E-state index in [1.807, 2.05) is 24.3 Å². The van der Waals surface area contributed by atoms with Crippen LogP contribution < -0.4 is 0 Å². The Labute approximate surface area is 111 Å². The zero-order chi connectivity index (χ0) is 13.2. The predicted octanol–water partition coefficient (Wildman–Crippen LogP) is 5.26. The highest BCUT2D eigenvalue weighted by molar-refractivity contribution is 5.96. The number of hydrogen-bond acceptors (Lipinski definition) is 1. The van der Waals surface area contributed by atoms with E-state index < -0.39 is 0 Å². The molecule has 0 N–H and O–H groups in total. The third-order valence-corrected chi connectivity index (χ3v) is 3.23. The molecule has 0 aliphatic rings. The Hall–Kier alpha value is -1.37. The van der Waals surface area contributed by atoms with Crippen LogP contribution in [0.25, 0.3) is 6.08 Å².